The highest BCUT2D eigenvalue weighted by molar-refractivity contribution is 9.10. The maximum absolute atomic E-state index is 12.3. The van der Waals surface area contributed by atoms with Gasteiger partial charge in [-0.1, -0.05) is 39.7 Å². The lowest BCUT2D eigenvalue weighted by atomic mass is 10.1. The van der Waals surface area contributed by atoms with Gasteiger partial charge in [0.15, 0.2) is 6.61 Å². The molecule has 2 N–H and O–H groups in total. The molecule has 2 aromatic rings. The summed E-state index contributed by atoms with van der Waals surface area (Å²) in [5.74, 6) is -1.51. The fraction of sp³-hybridized carbons (Fsp3) is 0.211. The van der Waals surface area contributed by atoms with Crippen LogP contribution in [-0.2, 0) is 9.53 Å². The molecule has 0 aromatic heterocycles. The van der Waals surface area contributed by atoms with Crippen LogP contribution in [0, 0.1) is 0 Å². The number of rotatable bonds is 6. The van der Waals surface area contributed by atoms with Gasteiger partial charge in [-0.3, -0.25) is 9.59 Å². The number of esters is 1. The molecule has 1 saturated carbocycles. The van der Waals surface area contributed by atoms with Crippen LogP contribution >= 0.6 is 27.5 Å². The van der Waals surface area contributed by atoms with Crippen molar-refractivity contribution in [3.63, 3.8) is 0 Å². The van der Waals surface area contributed by atoms with E-state index in [1.807, 2.05) is 0 Å². The number of hydrogen-bond donors (Lipinski definition) is 2. The summed E-state index contributed by atoms with van der Waals surface area (Å²) in [4.78, 5) is 36.5. The van der Waals surface area contributed by atoms with Crippen LogP contribution in [0.25, 0.3) is 0 Å². The largest absolute Gasteiger partial charge is 0.452 e. The maximum atomic E-state index is 12.3. The number of ether oxygens (including phenoxy) is 1. The first-order valence-electron chi connectivity index (χ1n) is 8.26. The molecule has 140 valence electrons. The topological polar surface area (TPSA) is 84.5 Å². The van der Waals surface area contributed by atoms with Crippen LogP contribution < -0.4 is 10.6 Å². The van der Waals surface area contributed by atoms with Gasteiger partial charge in [0.1, 0.15) is 0 Å². The Morgan fingerprint density at radius 2 is 1.85 bits per heavy atom. The number of anilines is 1. The van der Waals surface area contributed by atoms with Crippen LogP contribution in [0.5, 0.6) is 0 Å². The van der Waals surface area contributed by atoms with Crippen LogP contribution in [0.1, 0.15) is 33.6 Å². The van der Waals surface area contributed by atoms with Crippen LogP contribution in [0.3, 0.4) is 0 Å². The normalized spacial score (nSPS) is 13.0. The molecular weight excluding hydrogens is 436 g/mol. The van der Waals surface area contributed by atoms with Crippen molar-refractivity contribution >= 4 is 51.0 Å². The minimum absolute atomic E-state index is 0.156. The highest BCUT2D eigenvalue weighted by Gasteiger charge is 2.25. The van der Waals surface area contributed by atoms with Gasteiger partial charge in [-0.2, -0.15) is 0 Å². The van der Waals surface area contributed by atoms with Crippen LogP contribution in [0.15, 0.2) is 46.9 Å². The third-order valence-corrected chi connectivity index (χ3v) is 4.66. The Morgan fingerprint density at radius 1 is 1.11 bits per heavy atom. The van der Waals surface area contributed by atoms with Gasteiger partial charge in [0.05, 0.1) is 21.8 Å². The minimum atomic E-state index is -0.712. The molecule has 0 atom stereocenters. The number of carbonyl (C=O) groups is 3. The van der Waals surface area contributed by atoms with Crippen molar-refractivity contribution in [2.24, 2.45) is 0 Å². The molecule has 0 spiro atoms. The molecule has 3 rings (SSSR count). The quantitative estimate of drug-likeness (QED) is 0.655. The Labute approximate surface area is 169 Å². The summed E-state index contributed by atoms with van der Waals surface area (Å²) in [6.45, 7) is -0.500. The van der Waals surface area contributed by atoms with Gasteiger partial charge in [-0.25, -0.2) is 4.79 Å². The van der Waals surface area contributed by atoms with Crippen LogP contribution in [0.4, 0.5) is 5.69 Å². The van der Waals surface area contributed by atoms with Crippen molar-refractivity contribution in [1.82, 2.24) is 5.32 Å². The van der Waals surface area contributed by atoms with Crippen molar-refractivity contribution < 1.29 is 19.1 Å². The highest BCUT2D eigenvalue weighted by Crippen LogP contribution is 2.23. The summed E-state index contributed by atoms with van der Waals surface area (Å²) in [6.07, 6.45) is 1.93. The monoisotopic (exact) mass is 450 g/mol. The molecule has 1 fully saturated rings. The predicted molar refractivity (Wildman–Crippen MR) is 105 cm³/mol. The second kappa shape index (κ2) is 8.54. The molecule has 0 aliphatic heterocycles. The summed E-state index contributed by atoms with van der Waals surface area (Å²) >= 11 is 9.22. The Kier molecular flexibility index (Phi) is 6.13. The van der Waals surface area contributed by atoms with Gasteiger partial charge in [-0.05, 0) is 43.2 Å². The lowest BCUT2D eigenvalue weighted by Gasteiger charge is -2.11. The Morgan fingerprint density at radius 3 is 2.59 bits per heavy atom. The summed E-state index contributed by atoms with van der Waals surface area (Å²) in [5.41, 5.74) is 0.874. The Hall–Kier alpha value is -2.38. The number of para-hydroxylation sites is 1. The van der Waals surface area contributed by atoms with E-state index < -0.39 is 18.5 Å². The van der Waals surface area contributed by atoms with Crippen LogP contribution in [0.2, 0.25) is 5.02 Å². The van der Waals surface area contributed by atoms with Gasteiger partial charge < -0.3 is 15.4 Å². The first-order valence-corrected chi connectivity index (χ1v) is 9.43. The van der Waals surface area contributed by atoms with E-state index in [9.17, 15) is 14.4 Å². The van der Waals surface area contributed by atoms with Crippen molar-refractivity contribution in [3.05, 3.63) is 63.1 Å². The van der Waals surface area contributed by atoms with Crippen molar-refractivity contribution in [2.75, 3.05) is 11.9 Å². The van der Waals surface area contributed by atoms with E-state index in [2.05, 4.69) is 26.6 Å². The average Bonchev–Trinajstić information content (AvgIpc) is 3.46. The van der Waals surface area contributed by atoms with Gasteiger partial charge in [-0.15, -0.1) is 0 Å². The lowest BCUT2D eigenvalue weighted by molar-refractivity contribution is -0.119. The Balaban J connectivity index is 1.60. The van der Waals surface area contributed by atoms with Crippen molar-refractivity contribution in [1.29, 1.82) is 0 Å². The second-order valence-electron chi connectivity index (χ2n) is 6.04. The van der Waals surface area contributed by atoms with E-state index in [0.29, 0.717) is 15.7 Å². The van der Waals surface area contributed by atoms with E-state index in [4.69, 9.17) is 16.3 Å². The molecule has 1 aliphatic rings. The molecule has 0 radical (unpaired) electrons. The molecule has 0 bridgehead atoms. The summed E-state index contributed by atoms with van der Waals surface area (Å²) < 4.78 is 5.68. The third kappa shape index (κ3) is 5.30. The Bertz CT molecular complexity index is 899. The standard InChI is InChI=1S/C19H16BrClN2O4/c20-11-5-8-15(21)14(9-11)19(26)27-10-17(24)23-16-4-2-1-3-13(16)18(25)22-12-6-7-12/h1-5,8-9,12H,6-7,10H2,(H,22,25)(H,23,24). The SMILES string of the molecule is O=C(COC(=O)c1cc(Br)ccc1Cl)Nc1ccccc1C(=O)NC1CC1. The van der Waals surface area contributed by atoms with E-state index in [1.165, 1.54) is 6.07 Å². The number of amides is 2. The molecule has 2 amide bonds. The first kappa shape index (κ1) is 19.4. The number of hydrogen-bond acceptors (Lipinski definition) is 4. The van der Waals surface area contributed by atoms with E-state index >= 15 is 0 Å². The molecule has 0 unspecified atom stereocenters. The minimum Gasteiger partial charge on any atom is -0.452 e. The summed E-state index contributed by atoms with van der Waals surface area (Å²) in [5, 5.41) is 5.70. The maximum Gasteiger partial charge on any atom is 0.340 e. The second-order valence-corrected chi connectivity index (χ2v) is 7.36. The molecule has 0 heterocycles. The van der Waals surface area contributed by atoms with E-state index in [-0.39, 0.29) is 22.5 Å². The molecule has 27 heavy (non-hydrogen) atoms. The number of carbonyl (C=O) groups excluding carboxylic acids is 3. The van der Waals surface area contributed by atoms with Gasteiger partial charge in [0, 0.05) is 10.5 Å². The fourth-order valence-electron chi connectivity index (χ4n) is 2.33. The van der Waals surface area contributed by atoms with Gasteiger partial charge >= 0.3 is 5.97 Å². The van der Waals surface area contributed by atoms with E-state index in [0.717, 1.165) is 12.8 Å². The van der Waals surface area contributed by atoms with E-state index in [1.54, 1.807) is 36.4 Å². The zero-order valence-electron chi connectivity index (χ0n) is 14.1. The summed E-state index contributed by atoms with van der Waals surface area (Å²) in [6, 6.07) is 11.6. The molecule has 1 aliphatic carbocycles. The summed E-state index contributed by atoms with van der Waals surface area (Å²) in [7, 11) is 0. The highest BCUT2D eigenvalue weighted by atomic mass is 79.9. The average molecular weight is 452 g/mol. The molecule has 0 saturated heterocycles. The zero-order valence-corrected chi connectivity index (χ0v) is 16.5. The number of nitrogens with one attached hydrogen (secondary N) is 2. The first-order chi connectivity index (χ1) is 12.9. The zero-order chi connectivity index (χ0) is 19.4. The van der Waals surface area contributed by atoms with Gasteiger partial charge in [0.2, 0.25) is 0 Å². The fourth-order valence-corrected chi connectivity index (χ4v) is 2.89. The smallest absolute Gasteiger partial charge is 0.340 e. The van der Waals surface area contributed by atoms with Crippen molar-refractivity contribution in [2.45, 2.75) is 18.9 Å². The third-order valence-electron chi connectivity index (χ3n) is 3.84. The lowest BCUT2D eigenvalue weighted by Crippen LogP contribution is -2.28. The molecule has 8 heteroatoms. The van der Waals surface area contributed by atoms with Crippen LogP contribution in [-0.4, -0.2) is 30.4 Å². The molecular formula is C19H16BrClN2O4. The predicted octanol–water partition coefficient (Wildman–Crippen LogP) is 3.79. The van der Waals surface area contributed by atoms with Gasteiger partial charge in [0.25, 0.3) is 11.8 Å². The number of halogens is 2. The van der Waals surface area contributed by atoms with Crippen molar-refractivity contribution in [3.8, 4) is 0 Å². The molecule has 6 nitrogen and oxygen atoms in total. The number of benzene rings is 2. The molecule has 2 aromatic carbocycles.